The van der Waals surface area contributed by atoms with Crippen LogP contribution in [0.15, 0.2) is 24.3 Å². The number of halogens is 3. The molecule has 0 aliphatic heterocycles. The summed E-state index contributed by atoms with van der Waals surface area (Å²) in [4.78, 5) is 11.9. The zero-order valence-electron chi connectivity index (χ0n) is 13.4. The second kappa shape index (κ2) is 6.28. The highest BCUT2D eigenvalue weighted by Crippen LogP contribution is 2.32. The minimum Gasteiger partial charge on any atom is -0.364 e. The second-order valence-corrected chi connectivity index (χ2v) is 6.12. The van der Waals surface area contributed by atoms with Crippen molar-refractivity contribution < 1.29 is 18.0 Å². The van der Waals surface area contributed by atoms with E-state index in [-0.39, 0.29) is 17.8 Å². The summed E-state index contributed by atoms with van der Waals surface area (Å²) in [5, 5.41) is 9.43. The van der Waals surface area contributed by atoms with Gasteiger partial charge in [-0.1, -0.05) is 12.1 Å². The molecule has 1 amide bonds. The molecule has 2 aromatic rings. The zero-order valence-corrected chi connectivity index (χ0v) is 13.4. The van der Waals surface area contributed by atoms with E-state index < -0.39 is 17.6 Å². The maximum atomic E-state index is 12.9. The summed E-state index contributed by atoms with van der Waals surface area (Å²) in [5.41, 5.74) is 7.11. The summed E-state index contributed by atoms with van der Waals surface area (Å²) in [7, 11) is 0. The van der Waals surface area contributed by atoms with Crippen molar-refractivity contribution in [1.29, 1.82) is 5.26 Å². The van der Waals surface area contributed by atoms with E-state index >= 15 is 0 Å². The first-order chi connectivity index (χ1) is 11.8. The molecule has 0 unspecified atom stereocenters. The molecule has 4 nitrogen and oxygen atoms in total. The number of carbonyl (C=O) groups is 1. The summed E-state index contributed by atoms with van der Waals surface area (Å²) in [6, 6.07) is 7.02. The summed E-state index contributed by atoms with van der Waals surface area (Å²) in [5.74, 6) is -0.738. The van der Waals surface area contributed by atoms with E-state index in [0.717, 1.165) is 36.2 Å². The van der Waals surface area contributed by atoms with Gasteiger partial charge < -0.3 is 10.3 Å². The number of nitriles is 1. The van der Waals surface area contributed by atoms with Crippen molar-refractivity contribution >= 4 is 5.91 Å². The molecule has 7 heteroatoms. The van der Waals surface area contributed by atoms with Gasteiger partial charge in [0.2, 0.25) is 0 Å². The van der Waals surface area contributed by atoms with Gasteiger partial charge in [-0.2, -0.15) is 18.4 Å². The van der Waals surface area contributed by atoms with Crippen molar-refractivity contribution in [3.63, 3.8) is 0 Å². The number of nitrogens with two attached hydrogens (primary N) is 1. The Labute approximate surface area is 142 Å². The fourth-order valence-corrected chi connectivity index (χ4v) is 3.45. The predicted molar refractivity (Wildman–Crippen MR) is 84.9 cm³/mol. The van der Waals surface area contributed by atoms with Gasteiger partial charge in [0.25, 0.3) is 5.91 Å². The minimum absolute atomic E-state index is 0.0756. The zero-order chi connectivity index (χ0) is 18.2. The molecule has 0 atom stereocenters. The Morgan fingerprint density at radius 1 is 1.28 bits per heavy atom. The standard InChI is InChI=1S/C18H16F3N3O/c19-18(20,21)12-5-3-4-11(8-12)10-24-15-7-2-1-6-13(15)14(9-22)16(24)17(23)25/h3-5,8H,1-2,6-7,10H2,(H2,23,25). The van der Waals surface area contributed by atoms with Gasteiger partial charge in [0.1, 0.15) is 11.8 Å². The van der Waals surface area contributed by atoms with Crippen molar-refractivity contribution in [2.24, 2.45) is 5.73 Å². The molecule has 0 radical (unpaired) electrons. The van der Waals surface area contributed by atoms with Crippen LogP contribution in [0.1, 0.15) is 51.3 Å². The van der Waals surface area contributed by atoms with Crippen LogP contribution in [0.25, 0.3) is 0 Å². The second-order valence-electron chi connectivity index (χ2n) is 6.12. The quantitative estimate of drug-likeness (QED) is 0.924. The molecule has 0 saturated heterocycles. The Balaban J connectivity index is 2.11. The Morgan fingerprint density at radius 2 is 2.00 bits per heavy atom. The van der Waals surface area contributed by atoms with E-state index in [1.54, 1.807) is 10.6 Å². The monoisotopic (exact) mass is 347 g/mol. The normalized spacial score (nSPS) is 14.0. The van der Waals surface area contributed by atoms with Crippen molar-refractivity contribution in [3.05, 3.63) is 57.9 Å². The summed E-state index contributed by atoms with van der Waals surface area (Å²) in [6.45, 7) is 0.0756. The lowest BCUT2D eigenvalue weighted by Crippen LogP contribution is -2.20. The van der Waals surface area contributed by atoms with Gasteiger partial charge in [-0.05, 0) is 48.9 Å². The third-order valence-corrected chi connectivity index (χ3v) is 4.51. The van der Waals surface area contributed by atoms with Crippen LogP contribution in [-0.4, -0.2) is 10.5 Å². The van der Waals surface area contributed by atoms with E-state index in [9.17, 15) is 23.2 Å². The number of rotatable bonds is 3. The molecule has 2 N–H and O–H groups in total. The fraction of sp³-hybridized carbons (Fsp3) is 0.333. The van der Waals surface area contributed by atoms with Crippen LogP contribution in [0.5, 0.6) is 0 Å². The summed E-state index contributed by atoms with van der Waals surface area (Å²) in [6.07, 6.45) is -1.27. The number of carbonyl (C=O) groups excluding carboxylic acids is 1. The van der Waals surface area contributed by atoms with Gasteiger partial charge in [-0.15, -0.1) is 0 Å². The van der Waals surface area contributed by atoms with Crippen LogP contribution in [0.3, 0.4) is 0 Å². The van der Waals surface area contributed by atoms with Crippen LogP contribution < -0.4 is 5.73 Å². The fourth-order valence-electron chi connectivity index (χ4n) is 3.45. The first-order valence-electron chi connectivity index (χ1n) is 7.93. The number of alkyl halides is 3. The van der Waals surface area contributed by atoms with Gasteiger partial charge in [0.15, 0.2) is 0 Å². The number of fused-ring (bicyclic) bond motifs is 1. The molecule has 0 fully saturated rings. The van der Waals surface area contributed by atoms with Crippen molar-refractivity contribution in [1.82, 2.24) is 4.57 Å². The first kappa shape index (κ1) is 17.1. The molecule has 1 heterocycles. The number of aromatic nitrogens is 1. The molecule has 1 aliphatic carbocycles. The van der Waals surface area contributed by atoms with E-state index in [4.69, 9.17) is 5.73 Å². The van der Waals surface area contributed by atoms with Crippen molar-refractivity contribution in [2.45, 2.75) is 38.4 Å². The van der Waals surface area contributed by atoms with Crippen LogP contribution >= 0.6 is 0 Å². The first-order valence-corrected chi connectivity index (χ1v) is 7.93. The lowest BCUT2D eigenvalue weighted by Gasteiger charge is -2.17. The lowest BCUT2D eigenvalue weighted by molar-refractivity contribution is -0.137. The molecule has 0 saturated carbocycles. The van der Waals surface area contributed by atoms with Gasteiger partial charge in [0.05, 0.1) is 11.1 Å². The maximum Gasteiger partial charge on any atom is 0.416 e. The number of nitrogens with zero attached hydrogens (tertiary/aromatic N) is 2. The maximum absolute atomic E-state index is 12.9. The van der Waals surface area contributed by atoms with Crippen LogP contribution in [0.4, 0.5) is 13.2 Å². The van der Waals surface area contributed by atoms with E-state index in [1.807, 2.05) is 6.07 Å². The third-order valence-electron chi connectivity index (χ3n) is 4.51. The molecular weight excluding hydrogens is 331 g/mol. The number of hydrogen-bond acceptors (Lipinski definition) is 2. The van der Waals surface area contributed by atoms with Gasteiger partial charge >= 0.3 is 6.18 Å². The van der Waals surface area contributed by atoms with E-state index in [0.29, 0.717) is 18.4 Å². The average molecular weight is 347 g/mol. The van der Waals surface area contributed by atoms with Gasteiger partial charge in [-0.3, -0.25) is 4.79 Å². The number of amides is 1. The largest absolute Gasteiger partial charge is 0.416 e. The number of primary amides is 1. The van der Waals surface area contributed by atoms with Crippen LogP contribution in [0.2, 0.25) is 0 Å². The molecule has 3 rings (SSSR count). The highest BCUT2D eigenvalue weighted by Gasteiger charge is 2.31. The van der Waals surface area contributed by atoms with Crippen LogP contribution in [0, 0.1) is 11.3 Å². The Kier molecular flexibility index (Phi) is 4.29. The Bertz CT molecular complexity index is 875. The van der Waals surface area contributed by atoms with Gasteiger partial charge in [-0.25, -0.2) is 0 Å². The molecule has 1 aliphatic rings. The lowest BCUT2D eigenvalue weighted by atomic mass is 9.95. The predicted octanol–water partition coefficient (Wildman–Crippen LogP) is 3.40. The Morgan fingerprint density at radius 3 is 2.64 bits per heavy atom. The SMILES string of the molecule is N#Cc1c2c(n(Cc3cccc(C(F)(F)F)c3)c1C(N)=O)CCCC2. The summed E-state index contributed by atoms with van der Waals surface area (Å²) >= 11 is 0. The third kappa shape index (κ3) is 3.12. The molecule has 0 bridgehead atoms. The number of benzene rings is 1. The topological polar surface area (TPSA) is 71.8 Å². The molecule has 1 aromatic carbocycles. The molecule has 0 spiro atoms. The molecule has 25 heavy (non-hydrogen) atoms. The molecule has 1 aromatic heterocycles. The smallest absolute Gasteiger partial charge is 0.364 e. The number of hydrogen-bond donors (Lipinski definition) is 1. The summed E-state index contributed by atoms with van der Waals surface area (Å²) < 4.78 is 40.4. The van der Waals surface area contributed by atoms with E-state index in [2.05, 4.69) is 0 Å². The molecule has 130 valence electrons. The van der Waals surface area contributed by atoms with Gasteiger partial charge in [0, 0.05) is 12.2 Å². The minimum atomic E-state index is -4.43. The van der Waals surface area contributed by atoms with Crippen molar-refractivity contribution in [2.75, 3.05) is 0 Å². The van der Waals surface area contributed by atoms with Crippen molar-refractivity contribution in [3.8, 4) is 6.07 Å². The Hall–Kier alpha value is -2.75. The van der Waals surface area contributed by atoms with Crippen LogP contribution in [-0.2, 0) is 25.6 Å². The highest BCUT2D eigenvalue weighted by atomic mass is 19.4. The highest BCUT2D eigenvalue weighted by molar-refractivity contribution is 5.95. The van der Waals surface area contributed by atoms with E-state index in [1.165, 1.54) is 6.07 Å². The average Bonchev–Trinajstić information content (AvgIpc) is 2.88. The molecular formula is C18H16F3N3O.